The van der Waals surface area contributed by atoms with E-state index in [4.69, 9.17) is 0 Å². The number of aryl methyl sites for hydroxylation is 1. The fourth-order valence-corrected chi connectivity index (χ4v) is 3.74. The van der Waals surface area contributed by atoms with Crippen LogP contribution in [0.1, 0.15) is 28.1 Å². The highest BCUT2D eigenvalue weighted by Crippen LogP contribution is 2.30. The fourth-order valence-electron chi connectivity index (χ4n) is 3.74. The van der Waals surface area contributed by atoms with Gasteiger partial charge in [0, 0.05) is 6.20 Å². The van der Waals surface area contributed by atoms with Gasteiger partial charge in [-0.2, -0.15) is 0 Å². The standard InChI is InChI=1S/C19H20N2O/c1-13-18(12-22)21-8-4-7-17(19(21)20-13)11-14-9-15-5-2-3-6-16(15)10-14/h2-8,14,22H,9-12H2,1H3. The van der Waals surface area contributed by atoms with Crippen molar-refractivity contribution in [3.63, 3.8) is 0 Å². The van der Waals surface area contributed by atoms with Crippen molar-refractivity contribution in [1.82, 2.24) is 9.38 Å². The lowest BCUT2D eigenvalue weighted by Crippen LogP contribution is -2.06. The number of fused-ring (bicyclic) bond motifs is 2. The first kappa shape index (κ1) is 13.5. The number of pyridine rings is 1. The van der Waals surface area contributed by atoms with Crippen molar-refractivity contribution in [3.8, 4) is 0 Å². The van der Waals surface area contributed by atoms with Crippen molar-refractivity contribution >= 4 is 5.65 Å². The molecule has 1 aromatic carbocycles. The molecule has 0 spiro atoms. The zero-order chi connectivity index (χ0) is 15.1. The molecule has 0 saturated heterocycles. The van der Waals surface area contributed by atoms with Crippen LogP contribution in [-0.2, 0) is 25.9 Å². The van der Waals surface area contributed by atoms with E-state index in [1.165, 1.54) is 16.7 Å². The number of rotatable bonds is 3. The molecule has 0 saturated carbocycles. The first-order valence-electron chi connectivity index (χ1n) is 7.89. The molecule has 3 heteroatoms. The molecule has 0 radical (unpaired) electrons. The molecule has 0 amide bonds. The number of benzene rings is 1. The summed E-state index contributed by atoms with van der Waals surface area (Å²) in [7, 11) is 0. The van der Waals surface area contributed by atoms with Crippen molar-refractivity contribution < 1.29 is 5.11 Å². The smallest absolute Gasteiger partial charge is 0.140 e. The van der Waals surface area contributed by atoms with Crippen LogP contribution in [0.5, 0.6) is 0 Å². The summed E-state index contributed by atoms with van der Waals surface area (Å²) >= 11 is 0. The highest BCUT2D eigenvalue weighted by Gasteiger charge is 2.22. The van der Waals surface area contributed by atoms with Crippen LogP contribution in [0.4, 0.5) is 0 Å². The normalized spacial score (nSPS) is 14.6. The molecule has 1 N–H and O–H groups in total. The monoisotopic (exact) mass is 292 g/mol. The molecule has 3 aromatic rings. The van der Waals surface area contributed by atoms with Crippen LogP contribution < -0.4 is 0 Å². The Morgan fingerprint density at radius 2 is 1.86 bits per heavy atom. The lowest BCUT2D eigenvalue weighted by molar-refractivity contribution is 0.275. The van der Waals surface area contributed by atoms with Crippen LogP contribution in [0.3, 0.4) is 0 Å². The Morgan fingerprint density at radius 3 is 2.55 bits per heavy atom. The van der Waals surface area contributed by atoms with Gasteiger partial charge in [0.25, 0.3) is 0 Å². The third kappa shape index (κ3) is 2.13. The van der Waals surface area contributed by atoms with Gasteiger partial charge in [-0.3, -0.25) is 0 Å². The number of aliphatic hydroxyl groups is 1. The van der Waals surface area contributed by atoms with E-state index < -0.39 is 0 Å². The minimum atomic E-state index is 0.0331. The minimum Gasteiger partial charge on any atom is -0.390 e. The largest absolute Gasteiger partial charge is 0.390 e. The Balaban J connectivity index is 1.66. The summed E-state index contributed by atoms with van der Waals surface area (Å²) in [6.07, 6.45) is 5.35. The van der Waals surface area contributed by atoms with Gasteiger partial charge in [0.15, 0.2) is 0 Å². The molecule has 0 atom stereocenters. The molecular formula is C19H20N2O. The van der Waals surface area contributed by atoms with E-state index in [-0.39, 0.29) is 6.61 Å². The molecule has 0 aliphatic heterocycles. The van der Waals surface area contributed by atoms with Crippen molar-refractivity contribution in [2.24, 2.45) is 5.92 Å². The van der Waals surface area contributed by atoms with E-state index in [1.807, 2.05) is 17.5 Å². The van der Waals surface area contributed by atoms with Crippen LogP contribution in [0.2, 0.25) is 0 Å². The van der Waals surface area contributed by atoms with E-state index in [0.717, 1.165) is 36.3 Å². The molecule has 0 unspecified atom stereocenters. The number of aromatic nitrogens is 2. The lowest BCUT2D eigenvalue weighted by atomic mass is 9.97. The fraction of sp³-hybridized carbons (Fsp3) is 0.316. The zero-order valence-corrected chi connectivity index (χ0v) is 12.8. The minimum absolute atomic E-state index is 0.0331. The topological polar surface area (TPSA) is 37.5 Å². The third-order valence-corrected chi connectivity index (χ3v) is 4.82. The quantitative estimate of drug-likeness (QED) is 0.805. The number of hydrogen-bond donors (Lipinski definition) is 1. The molecule has 22 heavy (non-hydrogen) atoms. The Morgan fingerprint density at radius 1 is 1.14 bits per heavy atom. The van der Waals surface area contributed by atoms with Gasteiger partial charge in [0.2, 0.25) is 0 Å². The SMILES string of the molecule is Cc1nc2c(CC3Cc4ccccc4C3)cccn2c1CO. The molecule has 2 heterocycles. The summed E-state index contributed by atoms with van der Waals surface area (Å²) in [5, 5.41) is 9.54. The van der Waals surface area contributed by atoms with Gasteiger partial charge in [-0.1, -0.05) is 30.3 Å². The van der Waals surface area contributed by atoms with Crippen LogP contribution >= 0.6 is 0 Å². The van der Waals surface area contributed by atoms with Crippen molar-refractivity contribution in [3.05, 3.63) is 70.7 Å². The molecule has 0 bridgehead atoms. The maximum atomic E-state index is 9.54. The van der Waals surface area contributed by atoms with Gasteiger partial charge < -0.3 is 9.51 Å². The van der Waals surface area contributed by atoms with Crippen LogP contribution in [-0.4, -0.2) is 14.5 Å². The second kappa shape index (κ2) is 5.25. The molecule has 0 fully saturated rings. The summed E-state index contributed by atoms with van der Waals surface area (Å²) in [6, 6.07) is 13.0. The predicted octanol–water partition coefficient (Wildman–Crippen LogP) is 3.09. The van der Waals surface area contributed by atoms with Gasteiger partial charge in [-0.25, -0.2) is 4.98 Å². The second-order valence-electron chi connectivity index (χ2n) is 6.28. The summed E-state index contributed by atoms with van der Waals surface area (Å²) in [6.45, 7) is 2.00. The molecule has 3 nitrogen and oxygen atoms in total. The van der Waals surface area contributed by atoms with Gasteiger partial charge >= 0.3 is 0 Å². The molecular weight excluding hydrogens is 272 g/mol. The summed E-state index contributed by atoms with van der Waals surface area (Å²) in [4.78, 5) is 4.68. The lowest BCUT2D eigenvalue weighted by Gasteiger charge is -2.10. The van der Waals surface area contributed by atoms with Crippen LogP contribution in [0, 0.1) is 12.8 Å². The number of aliphatic hydroxyl groups excluding tert-OH is 1. The maximum Gasteiger partial charge on any atom is 0.140 e. The van der Waals surface area contributed by atoms with Crippen LogP contribution in [0.25, 0.3) is 5.65 Å². The van der Waals surface area contributed by atoms with Crippen molar-refractivity contribution in [2.45, 2.75) is 32.8 Å². The first-order chi connectivity index (χ1) is 10.8. The molecule has 4 rings (SSSR count). The van der Waals surface area contributed by atoms with E-state index in [2.05, 4.69) is 41.4 Å². The molecule has 112 valence electrons. The molecule has 2 aromatic heterocycles. The van der Waals surface area contributed by atoms with Crippen LogP contribution in [0.15, 0.2) is 42.6 Å². The Labute approximate surface area is 130 Å². The predicted molar refractivity (Wildman–Crippen MR) is 86.9 cm³/mol. The van der Waals surface area contributed by atoms with Crippen molar-refractivity contribution in [2.75, 3.05) is 0 Å². The zero-order valence-electron chi connectivity index (χ0n) is 12.8. The first-order valence-corrected chi connectivity index (χ1v) is 7.89. The van der Waals surface area contributed by atoms with Gasteiger partial charge in [0.1, 0.15) is 5.65 Å². The number of nitrogens with zero attached hydrogens (tertiary/aromatic N) is 2. The summed E-state index contributed by atoms with van der Waals surface area (Å²) in [5.41, 5.74) is 7.09. The van der Waals surface area contributed by atoms with Gasteiger partial charge in [-0.05, 0) is 54.9 Å². The molecule has 1 aliphatic carbocycles. The van der Waals surface area contributed by atoms with E-state index in [1.54, 1.807) is 0 Å². The number of imidazole rings is 1. The average Bonchev–Trinajstić information content (AvgIpc) is 3.07. The second-order valence-corrected chi connectivity index (χ2v) is 6.28. The van der Waals surface area contributed by atoms with Crippen molar-refractivity contribution in [1.29, 1.82) is 0 Å². The third-order valence-electron chi connectivity index (χ3n) is 4.82. The summed E-state index contributed by atoms with van der Waals surface area (Å²) < 4.78 is 2.03. The summed E-state index contributed by atoms with van der Waals surface area (Å²) in [5.74, 6) is 0.651. The Bertz CT molecular complexity index is 810. The average molecular weight is 292 g/mol. The van der Waals surface area contributed by atoms with E-state index >= 15 is 0 Å². The van der Waals surface area contributed by atoms with Gasteiger partial charge in [-0.15, -0.1) is 0 Å². The Hall–Kier alpha value is -2.13. The Kier molecular flexibility index (Phi) is 3.23. The number of hydrogen-bond acceptors (Lipinski definition) is 2. The van der Waals surface area contributed by atoms with E-state index in [0.29, 0.717) is 5.92 Å². The maximum absolute atomic E-state index is 9.54. The van der Waals surface area contributed by atoms with E-state index in [9.17, 15) is 5.11 Å². The highest BCUT2D eigenvalue weighted by molar-refractivity contribution is 5.51. The highest BCUT2D eigenvalue weighted by atomic mass is 16.3. The molecule has 1 aliphatic rings. The van der Waals surface area contributed by atoms with Gasteiger partial charge in [0.05, 0.1) is 18.0 Å².